The van der Waals surface area contributed by atoms with Crippen LogP contribution >= 0.6 is 0 Å². The van der Waals surface area contributed by atoms with E-state index in [1.54, 1.807) is 30.0 Å². The number of hydrogen-bond acceptors (Lipinski definition) is 6. The number of esters is 1. The van der Waals surface area contributed by atoms with Crippen LogP contribution in [-0.4, -0.2) is 68.3 Å². The van der Waals surface area contributed by atoms with E-state index < -0.39 is 16.1 Å². The van der Waals surface area contributed by atoms with Gasteiger partial charge in [-0.1, -0.05) is 19.9 Å². The highest BCUT2D eigenvalue weighted by atomic mass is 32.2. The molecule has 1 aliphatic rings. The Kier molecular flexibility index (Phi) is 9.26. The summed E-state index contributed by atoms with van der Waals surface area (Å²) in [4.78, 5) is 26.9. The molecule has 30 heavy (non-hydrogen) atoms. The van der Waals surface area contributed by atoms with Crippen LogP contribution in [0.3, 0.4) is 0 Å². The van der Waals surface area contributed by atoms with Gasteiger partial charge in [0.05, 0.1) is 18.0 Å². The molecule has 1 atom stereocenters. The maximum Gasteiger partial charge on any atom is 0.323 e. The molecule has 168 valence electrons. The predicted octanol–water partition coefficient (Wildman–Crippen LogP) is 2.46. The third-order valence-corrected chi connectivity index (χ3v) is 6.96. The van der Waals surface area contributed by atoms with Crippen LogP contribution in [0.1, 0.15) is 46.5 Å². The van der Waals surface area contributed by atoms with Crippen LogP contribution in [0.4, 0.5) is 5.69 Å². The summed E-state index contributed by atoms with van der Waals surface area (Å²) < 4.78 is 32.1. The highest BCUT2D eigenvalue weighted by molar-refractivity contribution is 7.89. The van der Waals surface area contributed by atoms with Crippen LogP contribution in [0.5, 0.6) is 0 Å². The van der Waals surface area contributed by atoms with Crippen molar-refractivity contribution in [3.8, 4) is 0 Å². The van der Waals surface area contributed by atoms with Crippen molar-refractivity contribution in [1.29, 1.82) is 0 Å². The molecule has 0 aromatic heterocycles. The standard InChI is InChI=1S/C21H33N3O5S/c1-4-12-23(19(5-2)21(26)29-6-3)16-20(25)22-17-10-9-11-18(15-17)30(27,28)24-13-7-8-14-24/h9-11,15,19H,4-8,12-14,16H2,1-3H3,(H,22,25)/t19-/m1/s1. The molecular formula is C21H33N3O5S. The summed E-state index contributed by atoms with van der Waals surface area (Å²) in [5.74, 6) is -0.637. The van der Waals surface area contributed by atoms with E-state index in [1.165, 1.54) is 10.4 Å². The van der Waals surface area contributed by atoms with Crippen LogP contribution < -0.4 is 5.32 Å². The lowest BCUT2D eigenvalue weighted by atomic mass is 10.1. The predicted molar refractivity (Wildman–Crippen MR) is 116 cm³/mol. The molecule has 1 N–H and O–H groups in total. The number of rotatable bonds is 11. The first kappa shape index (κ1) is 24.3. The van der Waals surface area contributed by atoms with Crippen LogP contribution in [0.2, 0.25) is 0 Å². The zero-order valence-electron chi connectivity index (χ0n) is 18.1. The number of carbonyl (C=O) groups is 2. The largest absolute Gasteiger partial charge is 0.465 e. The summed E-state index contributed by atoms with van der Waals surface area (Å²) in [7, 11) is -3.55. The van der Waals surface area contributed by atoms with Crippen molar-refractivity contribution in [2.75, 3.05) is 38.1 Å². The number of ether oxygens (including phenoxy) is 1. The fourth-order valence-corrected chi connectivity index (χ4v) is 5.21. The maximum absolute atomic E-state index is 12.8. The van der Waals surface area contributed by atoms with E-state index in [4.69, 9.17) is 4.74 Å². The van der Waals surface area contributed by atoms with Gasteiger partial charge in [-0.25, -0.2) is 8.42 Å². The summed E-state index contributed by atoms with van der Waals surface area (Å²) in [5, 5.41) is 2.77. The smallest absolute Gasteiger partial charge is 0.323 e. The van der Waals surface area contributed by atoms with E-state index in [-0.39, 0.29) is 23.3 Å². The summed E-state index contributed by atoms with van der Waals surface area (Å²) in [6, 6.07) is 5.82. The average Bonchev–Trinajstić information content (AvgIpc) is 3.25. The first-order chi connectivity index (χ1) is 14.3. The van der Waals surface area contributed by atoms with Crippen LogP contribution in [0.15, 0.2) is 29.2 Å². The number of anilines is 1. The average molecular weight is 440 g/mol. The molecule has 0 radical (unpaired) electrons. The molecule has 1 amide bonds. The second-order valence-corrected chi connectivity index (χ2v) is 9.27. The lowest BCUT2D eigenvalue weighted by molar-refractivity contribution is -0.150. The van der Waals surface area contributed by atoms with Gasteiger partial charge < -0.3 is 10.1 Å². The second kappa shape index (κ2) is 11.4. The molecule has 1 aromatic carbocycles. The number of hydrogen-bond donors (Lipinski definition) is 1. The number of nitrogens with one attached hydrogen (secondary N) is 1. The van der Waals surface area contributed by atoms with E-state index in [2.05, 4.69) is 5.32 Å². The molecule has 0 spiro atoms. The maximum atomic E-state index is 12.8. The van der Waals surface area contributed by atoms with Gasteiger partial charge in [0, 0.05) is 18.8 Å². The number of nitrogens with zero attached hydrogens (tertiary/aromatic N) is 2. The number of amides is 1. The van der Waals surface area contributed by atoms with Gasteiger partial charge in [-0.3, -0.25) is 14.5 Å². The Morgan fingerprint density at radius 3 is 2.50 bits per heavy atom. The molecular weight excluding hydrogens is 406 g/mol. The Balaban J connectivity index is 2.09. The molecule has 9 heteroatoms. The third-order valence-electron chi connectivity index (χ3n) is 5.06. The molecule has 0 unspecified atom stereocenters. The summed E-state index contributed by atoms with van der Waals surface area (Å²) in [6.45, 7) is 7.56. The van der Waals surface area contributed by atoms with Gasteiger partial charge in [-0.2, -0.15) is 4.31 Å². The first-order valence-corrected chi connectivity index (χ1v) is 12.1. The Hall–Kier alpha value is -1.97. The highest BCUT2D eigenvalue weighted by Crippen LogP contribution is 2.23. The molecule has 8 nitrogen and oxygen atoms in total. The van der Waals surface area contributed by atoms with Gasteiger partial charge in [0.25, 0.3) is 0 Å². The topological polar surface area (TPSA) is 96.0 Å². The SMILES string of the molecule is CCCN(CC(=O)Nc1cccc(S(=O)(=O)N2CCCC2)c1)[C@H](CC)C(=O)OCC. The molecule has 0 aliphatic carbocycles. The van der Waals surface area contributed by atoms with E-state index >= 15 is 0 Å². The molecule has 1 heterocycles. The van der Waals surface area contributed by atoms with Crippen molar-refractivity contribution < 1.29 is 22.7 Å². The van der Waals surface area contributed by atoms with Gasteiger partial charge in [0.2, 0.25) is 15.9 Å². The quantitative estimate of drug-likeness (QED) is 0.532. The second-order valence-electron chi connectivity index (χ2n) is 7.33. The minimum Gasteiger partial charge on any atom is -0.465 e. The molecule has 1 fully saturated rings. The Morgan fingerprint density at radius 2 is 1.90 bits per heavy atom. The highest BCUT2D eigenvalue weighted by Gasteiger charge is 2.28. The van der Waals surface area contributed by atoms with Crippen molar-refractivity contribution in [2.24, 2.45) is 0 Å². The minimum absolute atomic E-state index is 0.0221. The summed E-state index contributed by atoms with van der Waals surface area (Å²) in [5.41, 5.74) is 0.418. The Morgan fingerprint density at radius 1 is 1.20 bits per heavy atom. The van der Waals surface area contributed by atoms with Gasteiger partial charge in [0.15, 0.2) is 0 Å². The zero-order valence-corrected chi connectivity index (χ0v) is 18.9. The number of carbonyl (C=O) groups excluding carboxylic acids is 2. The normalized spacial score (nSPS) is 15.9. The summed E-state index contributed by atoms with van der Waals surface area (Å²) >= 11 is 0. The fourth-order valence-electron chi connectivity index (χ4n) is 3.64. The Labute approximate surface area is 179 Å². The van der Waals surface area contributed by atoms with Crippen molar-refractivity contribution >= 4 is 27.6 Å². The fraction of sp³-hybridized carbons (Fsp3) is 0.619. The van der Waals surface area contributed by atoms with Gasteiger partial charge in [0.1, 0.15) is 6.04 Å². The molecule has 1 aromatic rings. The van der Waals surface area contributed by atoms with Crippen LogP contribution in [0.25, 0.3) is 0 Å². The molecule has 0 bridgehead atoms. The molecule has 0 saturated carbocycles. The van der Waals surface area contributed by atoms with E-state index in [1.807, 2.05) is 13.8 Å². The van der Waals surface area contributed by atoms with E-state index in [9.17, 15) is 18.0 Å². The van der Waals surface area contributed by atoms with Gasteiger partial charge >= 0.3 is 5.97 Å². The van der Waals surface area contributed by atoms with Crippen LogP contribution in [-0.2, 0) is 24.3 Å². The molecule has 1 saturated heterocycles. The van der Waals surface area contributed by atoms with Gasteiger partial charge in [-0.05, 0) is 57.4 Å². The first-order valence-electron chi connectivity index (χ1n) is 10.6. The van der Waals surface area contributed by atoms with Crippen LogP contribution in [0, 0.1) is 0 Å². The lowest BCUT2D eigenvalue weighted by Gasteiger charge is -2.28. The van der Waals surface area contributed by atoms with E-state index in [0.717, 1.165) is 19.3 Å². The monoisotopic (exact) mass is 439 g/mol. The Bertz CT molecular complexity index is 822. The van der Waals surface area contributed by atoms with Gasteiger partial charge in [-0.15, -0.1) is 0 Å². The van der Waals surface area contributed by atoms with Crippen molar-refractivity contribution in [1.82, 2.24) is 9.21 Å². The number of benzene rings is 1. The third kappa shape index (κ3) is 6.26. The lowest BCUT2D eigenvalue weighted by Crippen LogP contribution is -2.46. The minimum atomic E-state index is -3.55. The van der Waals surface area contributed by atoms with E-state index in [0.29, 0.717) is 38.3 Å². The molecule has 1 aliphatic heterocycles. The number of sulfonamides is 1. The summed E-state index contributed by atoms with van der Waals surface area (Å²) in [6.07, 6.45) is 3.05. The molecule has 2 rings (SSSR count). The van der Waals surface area contributed by atoms with Crippen molar-refractivity contribution in [2.45, 2.75) is 57.4 Å². The zero-order chi connectivity index (χ0) is 22.1. The van der Waals surface area contributed by atoms with Crippen molar-refractivity contribution in [3.05, 3.63) is 24.3 Å². The van der Waals surface area contributed by atoms with Crippen molar-refractivity contribution in [3.63, 3.8) is 0 Å².